The first-order valence-electron chi connectivity index (χ1n) is 11.7. The number of rotatable bonds is 4. The van der Waals surface area contributed by atoms with Crippen molar-refractivity contribution in [3.05, 3.63) is 45.1 Å². The van der Waals surface area contributed by atoms with Crippen LogP contribution >= 0.6 is 24.0 Å². The van der Waals surface area contributed by atoms with Crippen molar-refractivity contribution in [1.29, 1.82) is 0 Å². The third-order valence-electron chi connectivity index (χ3n) is 6.61. The summed E-state index contributed by atoms with van der Waals surface area (Å²) in [6, 6.07) is 7.91. The molecule has 1 aromatic heterocycles. The summed E-state index contributed by atoms with van der Waals surface area (Å²) < 4.78 is 13.8. The van der Waals surface area contributed by atoms with Crippen LogP contribution < -0.4 is 10.5 Å². The number of fused-ring (bicyclic) bond motifs is 1. The van der Waals surface area contributed by atoms with Crippen LogP contribution in [0.15, 0.2) is 34.0 Å². The third kappa shape index (κ3) is 4.30. The van der Waals surface area contributed by atoms with E-state index >= 15 is 0 Å². The highest BCUT2D eigenvalue weighted by molar-refractivity contribution is 8.26. The number of carbonyl (C=O) groups excluding carboxylic acids is 1. The summed E-state index contributed by atoms with van der Waals surface area (Å²) in [4.78, 5) is 31.2. The number of benzene rings is 1. The largest absolute Gasteiger partial charge is 0.376 e. The number of amides is 1. The van der Waals surface area contributed by atoms with Gasteiger partial charge in [-0.05, 0) is 38.8 Å². The summed E-state index contributed by atoms with van der Waals surface area (Å²) in [5, 5.41) is 0.979. The van der Waals surface area contributed by atoms with E-state index in [0.29, 0.717) is 34.4 Å². The number of carbonyl (C=O) groups is 1. The van der Waals surface area contributed by atoms with Crippen LogP contribution in [0.2, 0.25) is 0 Å². The van der Waals surface area contributed by atoms with E-state index in [1.54, 1.807) is 22.6 Å². The zero-order chi connectivity index (χ0) is 24.0. The molecule has 3 aliphatic rings. The summed E-state index contributed by atoms with van der Waals surface area (Å²) in [5.74, 6) is -0.157. The number of nitrogens with zero attached hydrogens (tertiary/aromatic N) is 3. The lowest BCUT2D eigenvalue weighted by Crippen LogP contribution is -2.46. The minimum atomic E-state index is -0.157. The van der Waals surface area contributed by atoms with Crippen molar-refractivity contribution in [2.75, 3.05) is 31.1 Å². The number of ether oxygens (including phenoxy) is 2. The normalized spacial score (nSPS) is 26.9. The molecule has 2 aromatic rings. The first-order chi connectivity index (χ1) is 16.3. The zero-order valence-corrected chi connectivity index (χ0v) is 21.3. The molecule has 3 aliphatic heterocycles. The van der Waals surface area contributed by atoms with Crippen molar-refractivity contribution >= 4 is 56.9 Å². The molecule has 1 amide bonds. The van der Waals surface area contributed by atoms with Crippen molar-refractivity contribution in [3.63, 3.8) is 0 Å². The second-order valence-electron chi connectivity index (χ2n) is 9.23. The highest BCUT2D eigenvalue weighted by Gasteiger charge is 2.35. The maximum Gasteiger partial charge on any atom is 0.266 e. The van der Waals surface area contributed by atoms with Gasteiger partial charge in [0.1, 0.15) is 4.32 Å². The molecule has 1 aromatic carbocycles. The number of morpholine rings is 1. The summed E-state index contributed by atoms with van der Waals surface area (Å²) in [7, 11) is 1.78. The van der Waals surface area contributed by atoms with Gasteiger partial charge in [-0.1, -0.05) is 42.2 Å². The number of para-hydroxylation sites is 1. The molecule has 180 valence electrons. The van der Waals surface area contributed by atoms with Gasteiger partial charge in [0.15, 0.2) is 0 Å². The number of anilines is 1. The van der Waals surface area contributed by atoms with Gasteiger partial charge in [0.05, 0.1) is 46.5 Å². The second-order valence-corrected chi connectivity index (χ2v) is 10.9. The van der Waals surface area contributed by atoms with Crippen molar-refractivity contribution in [2.45, 2.75) is 45.0 Å². The quantitative estimate of drug-likeness (QED) is 0.471. The molecule has 4 heterocycles. The molecule has 5 rings (SSSR count). The van der Waals surface area contributed by atoms with Gasteiger partial charge in [-0.25, -0.2) is 0 Å². The molecule has 3 atom stereocenters. The van der Waals surface area contributed by atoms with E-state index in [-0.39, 0.29) is 29.8 Å². The highest BCUT2D eigenvalue weighted by atomic mass is 32.2. The number of pyridine rings is 1. The van der Waals surface area contributed by atoms with Crippen molar-refractivity contribution in [1.82, 2.24) is 9.47 Å². The first kappa shape index (κ1) is 23.5. The monoisotopic (exact) mass is 499 g/mol. The van der Waals surface area contributed by atoms with E-state index in [1.165, 1.54) is 11.8 Å². The van der Waals surface area contributed by atoms with Crippen molar-refractivity contribution in [2.24, 2.45) is 7.05 Å². The molecule has 0 radical (unpaired) electrons. The van der Waals surface area contributed by atoms with Gasteiger partial charge >= 0.3 is 0 Å². The molecule has 3 unspecified atom stereocenters. The molecule has 0 N–H and O–H groups in total. The lowest BCUT2D eigenvalue weighted by molar-refractivity contribution is -0.123. The molecule has 0 aliphatic carbocycles. The van der Waals surface area contributed by atoms with Crippen LogP contribution in [0.1, 0.15) is 32.3 Å². The van der Waals surface area contributed by atoms with Crippen LogP contribution in [0.4, 0.5) is 5.69 Å². The van der Waals surface area contributed by atoms with Gasteiger partial charge in [-0.3, -0.25) is 14.5 Å². The molecule has 0 saturated carbocycles. The molecule has 7 nitrogen and oxygen atoms in total. The van der Waals surface area contributed by atoms with Gasteiger partial charge in [-0.15, -0.1) is 0 Å². The summed E-state index contributed by atoms with van der Waals surface area (Å²) in [5.41, 5.74) is 2.09. The molecule has 3 fully saturated rings. The molecule has 0 bridgehead atoms. The molecular weight excluding hydrogens is 470 g/mol. The van der Waals surface area contributed by atoms with Gasteiger partial charge in [0.2, 0.25) is 0 Å². The standard InChI is InChI=1S/C25H29N3O4S2/c1-15-12-27(13-16(2)32-15)22-18-8-4-5-9-20(18)26(3)23(29)19(22)11-21-24(30)28(25(33)34-21)14-17-7-6-10-31-17/h4-5,8-9,11,15-17H,6-7,10,12-14H2,1-3H3. The maximum atomic E-state index is 13.6. The van der Waals surface area contributed by atoms with Gasteiger partial charge < -0.3 is 18.9 Å². The van der Waals surface area contributed by atoms with Crippen molar-refractivity contribution in [3.8, 4) is 0 Å². The van der Waals surface area contributed by atoms with E-state index in [2.05, 4.69) is 4.90 Å². The fourth-order valence-corrected chi connectivity index (χ4v) is 6.37. The average Bonchev–Trinajstić information content (AvgIpc) is 3.41. The third-order valence-corrected chi connectivity index (χ3v) is 7.98. The Balaban J connectivity index is 1.61. The summed E-state index contributed by atoms with van der Waals surface area (Å²) in [6.45, 7) is 6.61. The Bertz CT molecular complexity index is 1220. The zero-order valence-electron chi connectivity index (χ0n) is 19.7. The smallest absolute Gasteiger partial charge is 0.266 e. The van der Waals surface area contributed by atoms with E-state index in [1.807, 2.05) is 38.1 Å². The maximum absolute atomic E-state index is 13.6. The number of thiocarbonyl (C=S) groups is 1. The average molecular weight is 500 g/mol. The lowest BCUT2D eigenvalue weighted by atomic mass is 10.0. The Morgan fingerprint density at radius 2 is 1.91 bits per heavy atom. The highest BCUT2D eigenvalue weighted by Crippen LogP contribution is 2.37. The molecule has 9 heteroatoms. The Kier molecular flexibility index (Phi) is 6.54. The lowest BCUT2D eigenvalue weighted by Gasteiger charge is -2.38. The summed E-state index contributed by atoms with van der Waals surface area (Å²) in [6.07, 6.45) is 3.75. The van der Waals surface area contributed by atoms with Crippen molar-refractivity contribution < 1.29 is 14.3 Å². The molecule has 3 saturated heterocycles. The van der Waals surface area contributed by atoms with Gasteiger partial charge in [0, 0.05) is 32.1 Å². The topological polar surface area (TPSA) is 64.0 Å². The fourth-order valence-electron chi connectivity index (χ4n) is 5.11. The minimum absolute atomic E-state index is 0.0160. The number of thioether (sulfide) groups is 1. The summed E-state index contributed by atoms with van der Waals surface area (Å²) >= 11 is 6.79. The Hall–Kier alpha value is -2.20. The van der Waals surface area contributed by atoms with E-state index < -0.39 is 0 Å². The number of hydrogen-bond acceptors (Lipinski definition) is 7. The van der Waals surface area contributed by atoms with Crippen LogP contribution in [-0.4, -0.2) is 64.2 Å². The van der Waals surface area contributed by atoms with E-state index in [0.717, 1.165) is 36.0 Å². The van der Waals surface area contributed by atoms with Gasteiger partial charge in [-0.2, -0.15) is 0 Å². The predicted octanol–water partition coefficient (Wildman–Crippen LogP) is 3.53. The number of aryl methyl sites for hydroxylation is 1. The van der Waals surface area contributed by atoms with Crippen LogP contribution in [0.5, 0.6) is 0 Å². The van der Waals surface area contributed by atoms with E-state index in [4.69, 9.17) is 21.7 Å². The first-order valence-corrected chi connectivity index (χ1v) is 12.9. The van der Waals surface area contributed by atoms with Gasteiger partial charge in [0.25, 0.3) is 11.5 Å². The number of hydrogen-bond donors (Lipinski definition) is 0. The van der Waals surface area contributed by atoms with Crippen LogP contribution in [-0.2, 0) is 21.3 Å². The molecule has 34 heavy (non-hydrogen) atoms. The Labute approximate surface area is 208 Å². The fraction of sp³-hybridized carbons (Fsp3) is 0.480. The predicted molar refractivity (Wildman–Crippen MR) is 140 cm³/mol. The van der Waals surface area contributed by atoms with Crippen LogP contribution in [0.3, 0.4) is 0 Å². The molecule has 0 spiro atoms. The second kappa shape index (κ2) is 9.45. The Morgan fingerprint density at radius 3 is 2.62 bits per heavy atom. The van der Waals surface area contributed by atoms with E-state index in [9.17, 15) is 9.59 Å². The Morgan fingerprint density at radius 1 is 1.18 bits per heavy atom. The molecular formula is C25H29N3O4S2. The SMILES string of the molecule is CC1CN(c2c(C=C3SC(=S)N(CC4CCCO4)C3=O)c(=O)n(C)c3ccccc23)CC(C)O1. The minimum Gasteiger partial charge on any atom is -0.376 e. The number of aromatic nitrogens is 1. The van der Waals surface area contributed by atoms with Crippen LogP contribution in [0.25, 0.3) is 17.0 Å². The van der Waals surface area contributed by atoms with Crippen LogP contribution in [0, 0.1) is 0 Å².